The van der Waals surface area contributed by atoms with E-state index < -0.39 is 53.0 Å². The minimum Gasteiger partial charge on any atom is -0.444 e. The number of nitrogens with one attached hydrogen (secondary N) is 2. The smallest absolute Gasteiger partial charge is 0.415 e. The molecule has 0 bridgehead atoms. The largest absolute Gasteiger partial charge is 0.444 e. The monoisotopic (exact) mass is 710 g/mol. The van der Waals surface area contributed by atoms with Crippen LogP contribution in [0.15, 0.2) is 60.7 Å². The molecule has 2 N–H and O–H groups in total. The molecule has 0 saturated carbocycles. The number of nitro groups is 2. The van der Waals surface area contributed by atoms with E-state index in [2.05, 4.69) is 10.6 Å². The summed E-state index contributed by atoms with van der Waals surface area (Å²) in [5.74, 6) is -0.0655. The van der Waals surface area contributed by atoms with Crippen molar-refractivity contribution >= 4 is 47.1 Å². The summed E-state index contributed by atoms with van der Waals surface area (Å²) in [4.78, 5) is 74.0. The van der Waals surface area contributed by atoms with Crippen molar-refractivity contribution in [1.82, 2.24) is 9.80 Å². The third-order valence-corrected chi connectivity index (χ3v) is 6.73. The van der Waals surface area contributed by atoms with E-state index in [9.17, 15) is 39.4 Å². The minimum absolute atomic E-state index is 0.0490. The number of rotatable bonds is 12. The van der Waals surface area contributed by atoms with Gasteiger partial charge < -0.3 is 28.7 Å². The number of likely N-dealkylation sites (N-methyl/N-ethyl adjacent to an activating group) is 2. The molecule has 0 aliphatic carbocycles. The second kappa shape index (κ2) is 17.3. The van der Waals surface area contributed by atoms with Crippen LogP contribution in [0, 0.1) is 27.2 Å². The van der Waals surface area contributed by atoms with Crippen molar-refractivity contribution < 1.29 is 48.0 Å². The SMILES string of the molecule is Cc1cc(COC(=O)Nc2ccc([N+](=O)[O-])cc2)c(OC(=O)N(C)CCN(C)C(=O)OC(C)(C)C)c(COC(=O)Nc2ccc([N+](=O)[O-])cc2)c1. The Morgan fingerprint density at radius 3 is 1.47 bits per heavy atom. The topological polar surface area (TPSA) is 222 Å². The molecule has 0 aliphatic rings. The molecular formula is C33H38N6O12. The Hall–Kier alpha value is -6.46. The van der Waals surface area contributed by atoms with Gasteiger partial charge in [0.15, 0.2) is 0 Å². The number of amides is 4. The van der Waals surface area contributed by atoms with Crippen LogP contribution in [0.1, 0.15) is 37.5 Å². The summed E-state index contributed by atoms with van der Waals surface area (Å²) < 4.78 is 21.8. The number of carbonyl (C=O) groups excluding carboxylic acids is 4. The number of benzene rings is 3. The number of nitro benzene ring substituents is 2. The molecule has 18 nitrogen and oxygen atoms in total. The van der Waals surface area contributed by atoms with Gasteiger partial charge in [-0.3, -0.25) is 30.9 Å². The fourth-order valence-corrected chi connectivity index (χ4v) is 4.19. The maximum Gasteiger partial charge on any atom is 0.415 e. The molecule has 0 unspecified atom stereocenters. The number of nitrogens with zero attached hydrogens (tertiary/aromatic N) is 4. The normalized spacial score (nSPS) is 10.7. The summed E-state index contributed by atoms with van der Waals surface area (Å²) in [6, 6.07) is 13.3. The first-order chi connectivity index (χ1) is 23.9. The molecule has 0 aliphatic heterocycles. The molecule has 0 atom stereocenters. The molecule has 3 aromatic rings. The standard InChI is InChI=1S/C33H38N6O12/c1-21-17-22(19-48-29(40)34-24-7-11-26(12-8-24)38(44)45)28(50-31(42)36(5)15-16-37(6)32(43)51-33(2,3)4)23(18-21)20-49-30(41)35-25-9-13-27(14-10-25)39(46)47/h7-14,17-18H,15-16,19-20H2,1-6H3,(H,34,40)(H,35,41). The zero-order valence-corrected chi connectivity index (χ0v) is 28.8. The maximum absolute atomic E-state index is 13.3. The lowest BCUT2D eigenvalue weighted by Gasteiger charge is -2.26. The van der Waals surface area contributed by atoms with Gasteiger partial charge in [-0.25, -0.2) is 19.2 Å². The van der Waals surface area contributed by atoms with Gasteiger partial charge in [-0.2, -0.15) is 0 Å². The van der Waals surface area contributed by atoms with Gasteiger partial charge in [-0.05, 0) is 64.1 Å². The van der Waals surface area contributed by atoms with Gasteiger partial charge in [0, 0.05) is 74.0 Å². The Bertz CT molecular complexity index is 1660. The zero-order valence-electron chi connectivity index (χ0n) is 28.8. The molecule has 3 aromatic carbocycles. The Morgan fingerprint density at radius 2 is 1.10 bits per heavy atom. The van der Waals surface area contributed by atoms with Gasteiger partial charge in [-0.1, -0.05) is 5.56 Å². The zero-order chi connectivity index (χ0) is 37.9. The molecular weight excluding hydrogens is 672 g/mol. The van der Waals surface area contributed by atoms with Crippen molar-refractivity contribution in [3.8, 4) is 5.75 Å². The van der Waals surface area contributed by atoms with Gasteiger partial charge in [0.2, 0.25) is 0 Å². The van der Waals surface area contributed by atoms with Crippen LogP contribution in [0.2, 0.25) is 0 Å². The fourth-order valence-electron chi connectivity index (χ4n) is 4.19. The van der Waals surface area contributed by atoms with E-state index in [0.29, 0.717) is 5.56 Å². The van der Waals surface area contributed by atoms with E-state index in [4.69, 9.17) is 18.9 Å². The average molecular weight is 711 g/mol. The Balaban J connectivity index is 1.77. The fraction of sp³-hybridized carbons (Fsp3) is 0.333. The lowest BCUT2D eigenvalue weighted by molar-refractivity contribution is -0.385. The number of hydrogen-bond donors (Lipinski definition) is 2. The van der Waals surface area contributed by atoms with E-state index in [1.54, 1.807) is 39.8 Å². The van der Waals surface area contributed by atoms with Crippen LogP contribution >= 0.6 is 0 Å². The minimum atomic E-state index is -0.912. The molecule has 0 radical (unpaired) electrons. The van der Waals surface area contributed by atoms with Crippen molar-refractivity contribution in [1.29, 1.82) is 0 Å². The van der Waals surface area contributed by atoms with Crippen LogP contribution in [0.25, 0.3) is 0 Å². The number of carbonyl (C=O) groups is 4. The van der Waals surface area contributed by atoms with Crippen LogP contribution < -0.4 is 15.4 Å². The van der Waals surface area contributed by atoms with E-state index in [-0.39, 0.29) is 52.7 Å². The maximum atomic E-state index is 13.3. The molecule has 0 spiro atoms. The third-order valence-electron chi connectivity index (χ3n) is 6.73. The van der Waals surface area contributed by atoms with Crippen LogP contribution in [0.4, 0.5) is 41.9 Å². The predicted molar refractivity (Wildman–Crippen MR) is 183 cm³/mol. The number of anilines is 2. The summed E-state index contributed by atoms with van der Waals surface area (Å²) in [5.41, 5.74) is 0.504. The van der Waals surface area contributed by atoms with Crippen LogP contribution in [0.5, 0.6) is 5.75 Å². The highest BCUT2D eigenvalue weighted by Gasteiger charge is 2.23. The highest BCUT2D eigenvalue weighted by Crippen LogP contribution is 2.29. The van der Waals surface area contributed by atoms with E-state index in [1.165, 1.54) is 72.4 Å². The summed E-state index contributed by atoms with van der Waals surface area (Å²) >= 11 is 0. The Labute approximate surface area is 292 Å². The van der Waals surface area contributed by atoms with Crippen molar-refractivity contribution in [2.75, 3.05) is 37.8 Å². The predicted octanol–water partition coefficient (Wildman–Crippen LogP) is 6.61. The van der Waals surface area contributed by atoms with Gasteiger partial charge >= 0.3 is 24.4 Å². The van der Waals surface area contributed by atoms with Gasteiger partial charge in [-0.15, -0.1) is 0 Å². The number of non-ortho nitro benzene ring substituents is 2. The van der Waals surface area contributed by atoms with Crippen molar-refractivity contribution in [3.05, 3.63) is 97.6 Å². The third kappa shape index (κ3) is 12.5. The van der Waals surface area contributed by atoms with Gasteiger partial charge in [0.25, 0.3) is 11.4 Å². The van der Waals surface area contributed by atoms with Crippen LogP contribution in [0.3, 0.4) is 0 Å². The molecule has 0 heterocycles. The quantitative estimate of drug-likeness (QED) is 0.115. The van der Waals surface area contributed by atoms with Crippen LogP contribution in [-0.2, 0) is 27.4 Å². The molecule has 3 rings (SSSR count). The highest BCUT2D eigenvalue weighted by molar-refractivity contribution is 5.85. The summed E-state index contributed by atoms with van der Waals surface area (Å²) in [5, 5.41) is 26.7. The first-order valence-corrected chi connectivity index (χ1v) is 15.3. The molecule has 51 heavy (non-hydrogen) atoms. The Kier molecular flexibility index (Phi) is 13.2. The van der Waals surface area contributed by atoms with Crippen molar-refractivity contribution in [3.63, 3.8) is 0 Å². The first kappa shape index (κ1) is 39.0. The number of ether oxygens (including phenoxy) is 4. The number of aryl methyl sites for hydroxylation is 1. The average Bonchev–Trinajstić information content (AvgIpc) is 3.05. The number of hydrogen-bond acceptors (Lipinski definition) is 12. The molecule has 0 saturated heterocycles. The van der Waals surface area contributed by atoms with Crippen molar-refractivity contribution in [2.24, 2.45) is 0 Å². The molecule has 18 heteroatoms. The second-order valence-corrected chi connectivity index (χ2v) is 12.1. The summed E-state index contributed by atoms with van der Waals surface area (Å²) in [6.45, 7) is 6.23. The molecule has 272 valence electrons. The van der Waals surface area contributed by atoms with Gasteiger partial charge in [0.1, 0.15) is 24.6 Å². The molecule has 4 amide bonds. The van der Waals surface area contributed by atoms with E-state index in [1.807, 2.05) is 0 Å². The second-order valence-electron chi connectivity index (χ2n) is 12.1. The van der Waals surface area contributed by atoms with E-state index in [0.717, 1.165) is 0 Å². The van der Waals surface area contributed by atoms with Crippen molar-refractivity contribution in [2.45, 2.75) is 46.5 Å². The summed E-state index contributed by atoms with van der Waals surface area (Å²) in [6.07, 6.45) is -3.25. The lowest BCUT2D eigenvalue weighted by Crippen LogP contribution is -2.40. The highest BCUT2D eigenvalue weighted by atomic mass is 16.6. The first-order valence-electron chi connectivity index (χ1n) is 15.3. The lowest BCUT2D eigenvalue weighted by atomic mass is 10.1. The molecule has 0 fully saturated rings. The van der Waals surface area contributed by atoms with Crippen LogP contribution in [-0.4, -0.2) is 76.8 Å². The van der Waals surface area contributed by atoms with E-state index >= 15 is 0 Å². The van der Waals surface area contributed by atoms with Gasteiger partial charge in [0.05, 0.1) is 9.85 Å². The molecule has 0 aromatic heterocycles. The Morgan fingerprint density at radius 1 is 0.706 bits per heavy atom. The summed E-state index contributed by atoms with van der Waals surface area (Å²) in [7, 11) is 2.96.